The molecule has 0 unspecified atom stereocenters. The highest BCUT2D eigenvalue weighted by molar-refractivity contribution is 5.92. The van der Waals surface area contributed by atoms with Crippen LogP contribution in [-0.2, 0) is 9.53 Å². The molecule has 0 spiro atoms. The highest BCUT2D eigenvalue weighted by Gasteiger charge is 2.08. The average molecular weight is 251 g/mol. The predicted octanol–water partition coefficient (Wildman–Crippen LogP) is 4.14. The summed E-state index contributed by atoms with van der Waals surface area (Å²) in [4.78, 5) is 11.4. The average Bonchev–Trinajstić information content (AvgIpc) is 2.39. The van der Waals surface area contributed by atoms with Crippen molar-refractivity contribution in [2.24, 2.45) is 0 Å². The van der Waals surface area contributed by atoms with Crippen molar-refractivity contribution in [2.45, 2.75) is 65.2 Å². The monoisotopic (exact) mass is 251 g/mol. The van der Waals surface area contributed by atoms with Gasteiger partial charge in [0.1, 0.15) is 11.6 Å². The van der Waals surface area contributed by atoms with Crippen LogP contribution in [0.15, 0.2) is 11.6 Å². The van der Waals surface area contributed by atoms with Crippen molar-refractivity contribution in [3.63, 3.8) is 0 Å². The van der Waals surface area contributed by atoms with Gasteiger partial charge in [-0.1, -0.05) is 52.0 Å². The van der Waals surface area contributed by atoms with E-state index < -0.39 is 5.97 Å². The number of unbranched alkanes of at least 4 members (excludes halogenated alkanes) is 6. The molecule has 0 atom stereocenters. The molecule has 0 fully saturated rings. The number of esters is 1. The maximum absolute atomic E-state index is 11.4. The first-order valence-electron chi connectivity index (χ1n) is 7.03. The van der Waals surface area contributed by atoms with Gasteiger partial charge in [0, 0.05) is 0 Å². The summed E-state index contributed by atoms with van der Waals surface area (Å²) < 4.78 is 4.92. The fraction of sp³-hybridized carbons (Fsp3) is 0.733. The Balaban J connectivity index is 3.78. The molecule has 0 aliphatic rings. The molecule has 0 aromatic rings. The lowest BCUT2D eigenvalue weighted by Gasteiger charge is -2.01. The number of hydrogen-bond donors (Lipinski definition) is 0. The Morgan fingerprint density at radius 1 is 1.11 bits per heavy atom. The summed E-state index contributed by atoms with van der Waals surface area (Å²) in [6, 6.07) is 1.91. The summed E-state index contributed by atoms with van der Waals surface area (Å²) >= 11 is 0. The Labute approximate surface area is 111 Å². The second kappa shape index (κ2) is 12.2. The van der Waals surface area contributed by atoms with E-state index in [2.05, 4.69) is 6.92 Å². The van der Waals surface area contributed by atoms with Crippen LogP contribution < -0.4 is 0 Å². The fourth-order valence-corrected chi connectivity index (χ4v) is 1.62. The SMILES string of the molecule is CCCCCCCCC=C(C#N)C(=O)OCCC. The third-order valence-electron chi connectivity index (χ3n) is 2.68. The van der Waals surface area contributed by atoms with E-state index in [1.807, 2.05) is 13.0 Å². The minimum absolute atomic E-state index is 0.150. The van der Waals surface area contributed by atoms with Crippen LogP contribution in [0, 0.1) is 11.3 Å². The number of ether oxygens (including phenoxy) is 1. The van der Waals surface area contributed by atoms with Crippen LogP contribution in [0.4, 0.5) is 0 Å². The lowest BCUT2D eigenvalue weighted by Crippen LogP contribution is -2.07. The molecule has 0 heterocycles. The third kappa shape index (κ3) is 8.81. The molecule has 3 heteroatoms. The first kappa shape index (κ1) is 16.7. The normalized spacial score (nSPS) is 11.1. The van der Waals surface area contributed by atoms with E-state index in [9.17, 15) is 4.79 Å². The van der Waals surface area contributed by atoms with Crippen molar-refractivity contribution in [1.82, 2.24) is 0 Å². The van der Waals surface area contributed by atoms with E-state index in [0.29, 0.717) is 6.61 Å². The number of rotatable bonds is 10. The molecule has 0 aromatic heterocycles. The molecular weight excluding hydrogens is 226 g/mol. The van der Waals surface area contributed by atoms with E-state index >= 15 is 0 Å². The Morgan fingerprint density at radius 3 is 2.39 bits per heavy atom. The van der Waals surface area contributed by atoms with Gasteiger partial charge in [0.05, 0.1) is 6.61 Å². The Hall–Kier alpha value is -1.30. The first-order chi connectivity index (χ1) is 8.76. The number of carbonyl (C=O) groups is 1. The van der Waals surface area contributed by atoms with E-state index in [1.54, 1.807) is 6.08 Å². The van der Waals surface area contributed by atoms with Crippen LogP contribution in [0.5, 0.6) is 0 Å². The first-order valence-corrected chi connectivity index (χ1v) is 7.03. The maximum Gasteiger partial charge on any atom is 0.348 e. The number of hydrogen-bond acceptors (Lipinski definition) is 3. The molecule has 0 saturated heterocycles. The lowest BCUT2D eigenvalue weighted by molar-refractivity contribution is -0.138. The molecule has 3 nitrogen and oxygen atoms in total. The van der Waals surface area contributed by atoms with Crippen molar-refractivity contribution in [3.05, 3.63) is 11.6 Å². The van der Waals surface area contributed by atoms with Crippen LogP contribution >= 0.6 is 0 Å². The van der Waals surface area contributed by atoms with Gasteiger partial charge in [-0.05, 0) is 19.3 Å². The minimum Gasteiger partial charge on any atom is -0.462 e. The molecule has 18 heavy (non-hydrogen) atoms. The molecule has 0 aliphatic carbocycles. The van der Waals surface area contributed by atoms with E-state index in [0.717, 1.165) is 19.3 Å². The molecule has 0 amide bonds. The fourth-order valence-electron chi connectivity index (χ4n) is 1.62. The summed E-state index contributed by atoms with van der Waals surface area (Å²) in [7, 11) is 0. The standard InChI is InChI=1S/C15H25NO2/c1-3-5-6-7-8-9-10-11-14(13-16)15(17)18-12-4-2/h11H,3-10,12H2,1-2H3. The van der Waals surface area contributed by atoms with E-state index in [-0.39, 0.29) is 5.57 Å². The van der Waals surface area contributed by atoms with Gasteiger partial charge in [-0.2, -0.15) is 5.26 Å². The molecule has 0 radical (unpaired) electrons. The zero-order valence-electron chi connectivity index (χ0n) is 11.7. The van der Waals surface area contributed by atoms with Crippen molar-refractivity contribution < 1.29 is 9.53 Å². The summed E-state index contributed by atoms with van der Waals surface area (Å²) in [5.41, 5.74) is 0.150. The zero-order chi connectivity index (χ0) is 13.6. The van der Waals surface area contributed by atoms with Gasteiger partial charge in [0.2, 0.25) is 0 Å². The van der Waals surface area contributed by atoms with Crippen molar-refractivity contribution in [3.8, 4) is 6.07 Å². The minimum atomic E-state index is -0.481. The van der Waals surface area contributed by atoms with Gasteiger partial charge in [-0.15, -0.1) is 0 Å². The molecule has 0 aromatic carbocycles. The molecule has 102 valence electrons. The van der Waals surface area contributed by atoms with Gasteiger partial charge in [0.15, 0.2) is 0 Å². The predicted molar refractivity (Wildman–Crippen MR) is 72.9 cm³/mol. The molecule has 0 saturated carbocycles. The number of carbonyl (C=O) groups excluding carboxylic acids is 1. The van der Waals surface area contributed by atoms with Crippen molar-refractivity contribution in [1.29, 1.82) is 5.26 Å². The molecule has 0 rings (SSSR count). The van der Waals surface area contributed by atoms with Gasteiger partial charge < -0.3 is 4.74 Å². The number of allylic oxidation sites excluding steroid dienone is 1. The zero-order valence-corrected chi connectivity index (χ0v) is 11.7. The number of nitrogens with zero attached hydrogens (tertiary/aromatic N) is 1. The molecule has 0 bridgehead atoms. The van der Waals surface area contributed by atoms with Crippen LogP contribution in [0.2, 0.25) is 0 Å². The summed E-state index contributed by atoms with van der Waals surface area (Å²) in [5.74, 6) is -0.481. The summed E-state index contributed by atoms with van der Waals surface area (Å²) in [5, 5.41) is 8.85. The second-order valence-corrected chi connectivity index (χ2v) is 4.42. The van der Waals surface area contributed by atoms with E-state index in [4.69, 9.17) is 10.00 Å². The molecule has 0 N–H and O–H groups in total. The topological polar surface area (TPSA) is 50.1 Å². The molecule has 0 aliphatic heterocycles. The van der Waals surface area contributed by atoms with Crippen LogP contribution in [0.3, 0.4) is 0 Å². The Kier molecular flexibility index (Phi) is 11.3. The van der Waals surface area contributed by atoms with Gasteiger partial charge in [-0.3, -0.25) is 0 Å². The van der Waals surface area contributed by atoms with E-state index in [1.165, 1.54) is 32.1 Å². The Morgan fingerprint density at radius 2 is 1.78 bits per heavy atom. The van der Waals surface area contributed by atoms with Crippen molar-refractivity contribution >= 4 is 5.97 Å². The van der Waals surface area contributed by atoms with Gasteiger partial charge in [0.25, 0.3) is 0 Å². The second-order valence-electron chi connectivity index (χ2n) is 4.42. The highest BCUT2D eigenvalue weighted by atomic mass is 16.5. The lowest BCUT2D eigenvalue weighted by atomic mass is 10.1. The van der Waals surface area contributed by atoms with Crippen molar-refractivity contribution in [2.75, 3.05) is 6.61 Å². The summed E-state index contributed by atoms with van der Waals surface area (Å²) in [6.45, 7) is 4.51. The number of nitriles is 1. The molecular formula is C15H25NO2. The maximum atomic E-state index is 11.4. The van der Waals surface area contributed by atoms with Gasteiger partial charge >= 0.3 is 5.97 Å². The Bertz CT molecular complexity index is 289. The van der Waals surface area contributed by atoms with Crippen LogP contribution in [0.1, 0.15) is 65.2 Å². The summed E-state index contributed by atoms with van der Waals surface area (Å²) in [6.07, 6.45) is 10.5. The largest absolute Gasteiger partial charge is 0.462 e. The van der Waals surface area contributed by atoms with Crippen LogP contribution in [0.25, 0.3) is 0 Å². The highest BCUT2D eigenvalue weighted by Crippen LogP contribution is 2.09. The van der Waals surface area contributed by atoms with Crippen LogP contribution in [-0.4, -0.2) is 12.6 Å². The quantitative estimate of drug-likeness (QED) is 0.254. The third-order valence-corrected chi connectivity index (χ3v) is 2.68. The smallest absolute Gasteiger partial charge is 0.348 e. The van der Waals surface area contributed by atoms with Gasteiger partial charge in [-0.25, -0.2) is 4.79 Å².